The van der Waals surface area contributed by atoms with Gasteiger partial charge in [0.05, 0.1) is 24.7 Å². The lowest BCUT2D eigenvalue weighted by Crippen LogP contribution is -2.36. The van der Waals surface area contributed by atoms with E-state index in [4.69, 9.17) is 9.84 Å². The molecule has 5 rings (SSSR count). The van der Waals surface area contributed by atoms with E-state index in [1.807, 2.05) is 35.2 Å². The molecule has 1 aliphatic rings. The molecule has 3 aromatic heterocycles. The zero-order chi connectivity index (χ0) is 23.7. The number of ether oxygens (including phenoxy) is 1. The summed E-state index contributed by atoms with van der Waals surface area (Å²) in [7, 11) is 1.62. The number of likely N-dealkylation sites (tertiary alicyclic amines) is 1. The molecule has 1 aliphatic heterocycles. The Morgan fingerprint density at radius 2 is 1.91 bits per heavy atom. The van der Waals surface area contributed by atoms with E-state index in [1.54, 1.807) is 41.7 Å². The third kappa shape index (κ3) is 4.09. The van der Waals surface area contributed by atoms with Crippen LogP contribution >= 0.6 is 0 Å². The first-order valence-electron chi connectivity index (χ1n) is 11.1. The average molecular weight is 460 g/mol. The van der Waals surface area contributed by atoms with Gasteiger partial charge in [0.25, 0.3) is 5.91 Å². The fourth-order valence-corrected chi connectivity index (χ4v) is 4.27. The van der Waals surface area contributed by atoms with Gasteiger partial charge in [-0.2, -0.15) is 10.2 Å². The molecule has 0 spiro atoms. The molecule has 0 saturated carbocycles. The van der Waals surface area contributed by atoms with Crippen LogP contribution in [0.25, 0.3) is 11.3 Å². The molecule has 0 bridgehead atoms. The van der Waals surface area contributed by atoms with Crippen LogP contribution in [-0.4, -0.2) is 61.3 Å². The van der Waals surface area contributed by atoms with Gasteiger partial charge in [0.1, 0.15) is 17.1 Å². The number of piperidine rings is 1. The molecule has 1 fully saturated rings. The summed E-state index contributed by atoms with van der Waals surface area (Å²) in [6.07, 6.45) is 6.52. The van der Waals surface area contributed by atoms with Crippen molar-refractivity contribution in [1.29, 1.82) is 0 Å². The first kappa shape index (κ1) is 21.6. The quantitative estimate of drug-likeness (QED) is 0.492. The summed E-state index contributed by atoms with van der Waals surface area (Å²) in [4.78, 5) is 31.0. The van der Waals surface area contributed by atoms with E-state index >= 15 is 0 Å². The molecule has 0 unspecified atom stereocenters. The molecule has 4 heterocycles. The predicted molar refractivity (Wildman–Crippen MR) is 125 cm³/mol. The lowest BCUT2D eigenvalue weighted by atomic mass is 9.93. The van der Waals surface area contributed by atoms with Crippen molar-refractivity contribution in [3.63, 3.8) is 0 Å². The van der Waals surface area contributed by atoms with Crippen LogP contribution in [0.2, 0.25) is 0 Å². The van der Waals surface area contributed by atoms with Crippen molar-refractivity contribution in [2.45, 2.75) is 25.7 Å². The number of aromatic nitrogens is 5. The number of rotatable bonds is 5. The van der Waals surface area contributed by atoms with Crippen LogP contribution in [0.15, 0.2) is 55.0 Å². The van der Waals surface area contributed by atoms with Gasteiger partial charge in [0.2, 0.25) is 5.91 Å². The molecule has 1 saturated heterocycles. The Morgan fingerprint density at radius 3 is 2.62 bits per heavy atom. The maximum Gasteiger partial charge on any atom is 0.262 e. The fourth-order valence-electron chi connectivity index (χ4n) is 4.27. The highest BCUT2D eigenvalue weighted by Gasteiger charge is 2.26. The second-order valence-electron chi connectivity index (χ2n) is 8.24. The molecular weight excluding hydrogens is 434 g/mol. The minimum absolute atomic E-state index is 0.0946. The van der Waals surface area contributed by atoms with E-state index in [0.717, 1.165) is 30.0 Å². The largest absolute Gasteiger partial charge is 0.497 e. The molecule has 0 aliphatic carbocycles. The van der Waals surface area contributed by atoms with E-state index in [2.05, 4.69) is 15.4 Å². The molecule has 10 heteroatoms. The Labute approximate surface area is 196 Å². The van der Waals surface area contributed by atoms with E-state index in [0.29, 0.717) is 30.1 Å². The first-order valence-corrected chi connectivity index (χ1v) is 11.1. The number of carbonyl (C=O) groups is 2. The van der Waals surface area contributed by atoms with Gasteiger partial charge < -0.3 is 15.0 Å². The van der Waals surface area contributed by atoms with Crippen LogP contribution < -0.4 is 10.1 Å². The number of benzene rings is 1. The number of anilines is 1. The summed E-state index contributed by atoms with van der Waals surface area (Å²) in [6.45, 7) is 3.00. The molecule has 0 atom stereocenters. The number of hydrogen-bond donors (Lipinski definition) is 1. The highest BCUT2D eigenvalue weighted by atomic mass is 16.5. The Kier molecular flexibility index (Phi) is 5.70. The summed E-state index contributed by atoms with van der Waals surface area (Å²) in [5.41, 5.74) is 2.53. The van der Waals surface area contributed by atoms with Crippen LogP contribution in [0.4, 0.5) is 5.82 Å². The molecule has 2 amide bonds. The van der Waals surface area contributed by atoms with Gasteiger partial charge in [-0.1, -0.05) is 0 Å². The molecular formula is C24H25N7O3. The highest BCUT2D eigenvalue weighted by Crippen LogP contribution is 2.31. The molecule has 174 valence electrons. The summed E-state index contributed by atoms with van der Waals surface area (Å²) in [5.74, 6) is 1.26. The van der Waals surface area contributed by atoms with Crippen LogP contribution in [0.3, 0.4) is 0 Å². The van der Waals surface area contributed by atoms with Crippen molar-refractivity contribution in [1.82, 2.24) is 29.3 Å². The standard InChI is InChI=1S/C24H25N7O3/c1-16(32)29-12-8-17(9-13-29)21-14-22(31(28-21)18-4-6-19(34-2)7-5-18)27-24(33)20-15-26-30-11-3-10-25-23(20)30/h3-7,10-11,14-15,17H,8-9,12-13H2,1-2H3,(H,27,33). The van der Waals surface area contributed by atoms with Gasteiger partial charge in [-0.05, 0) is 43.2 Å². The second kappa shape index (κ2) is 8.97. The number of nitrogens with zero attached hydrogens (tertiary/aromatic N) is 6. The Bertz CT molecular complexity index is 1330. The van der Waals surface area contributed by atoms with Crippen molar-refractivity contribution in [2.75, 3.05) is 25.5 Å². The number of fused-ring (bicyclic) bond motifs is 1. The topological polar surface area (TPSA) is 107 Å². The van der Waals surface area contributed by atoms with Crippen molar-refractivity contribution in [2.24, 2.45) is 0 Å². The SMILES string of the molecule is COc1ccc(-n2nc(C3CCN(C(C)=O)CC3)cc2NC(=O)c2cnn3cccnc23)cc1. The molecule has 0 radical (unpaired) electrons. The van der Waals surface area contributed by atoms with Crippen LogP contribution in [-0.2, 0) is 4.79 Å². The molecule has 4 aromatic rings. The Hall–Kier alpha value is -4.21. The smallest absolute Gasteiger partial charge is 0.262 e. The van der Waals surface area contributed by atoms with E-state index in [-0.39, 0.29) is 17.7 Å². The number of methoxy groups -OCH3 is 1. The Morgan fingerprint density at radius 1 is 1.15 bits per heavy atom. The van der Waals surface area contributed by atoms with Crippen molar-refractivity contribution in [3.8, 4) is 11.4 Å². The Balaban J connectivity index is 1.46. The van der Waals surface area contributed by atoms with Gasteiger partial charge in [0, 0.05) is 44.4 Å². The van der Waals surface area contributed by atoms with Gasteiger partial charge in [-0.3, -0.25) is 9.59 Å². The molecule has 1 N–H and O–H groups in total. The zero-order valence-electron chi connectivity index (χ0n) is 19.0. The average Bonchev–Trinajstić information content (AvgIpc) is 3.49. The first-order chi connectivity index (χ1) is 16.5. The lowest BCUT2D eigenvalue weighted by Gasteiger charge is -2.30. The monoisotopic (exact) mass is 459 g/mol. The number of nitrogens with one attached hydrogen (secondary N) is 1. The van der Waals surface area contributed by atoms with Gasteiger partial charge in [-0.15, -0.1) is 0 Å². The lowest BCUT2D eigenvalue weighted by molar-refractivity contribution is -0.129. The number of hydrogen-bond acceptors (Lipinski definition) is 6. The van der Waals surface area contributed by atoms with Crippen LogP contribution in [0.5, 0.6) is 5.75 Å². The molecule has 1 aromatic carbocycles. The van der Waals surface area contributed by atoms with Gasteiger partial charge >= 0.3 is 0 Å². The second-order valence-corrected chi connectivity index (χ2v) is 8.24. The summed E-state index contributed by atoms with van der Waals surface area (Å²) < 4.78 is 8.56. The minimum Gasteiger partial charge on any atom is -0.497 e. The third-order valence-electron chi connectivity index (χ3n) is 6.17. The van der Waals surface area contributed by atoms with Crippen LogP contribution in [0.1, 0.15) is 41.7 Å². The summed E-state index contributed by atoms with van der Waals surface area (Å²) in [6, 6.07) is 11.1. The van der Waals surface area contributed by atoms with E-state index < -0.39 is 0 Å². The molecule has 10 nitrogen and oxygen atoms in total. The maximum atomic E-state index is 13.2. The number of amides is 2. The van der Waals surface area contributed by atoms with E-state index in [9.17, 15) is 9.59 Å². The van der Waals surface area contributed by atoms with E-state index in [1.165, 1.54) is 6.20 Å². The number of carbonyl (C=O) groups excluding carboxylic acids is 2. The van der Waals surface area contributed by atoms with Crippen molar-refractivity contribution >= 4 is 23.3 Å². The van der Waals surface area contributed by atoms with Crippen molar-refractivity contribution in [3.05, 3.63) is 66.2 Å². The van der Waals surface area contributed by atoms with Gasteiger partial charge in [0.15, 0.2) is 5.65 Å². The highest BCUT2D eigenvalue weighted by molar-refractivity contribution is 6.07. The van der Waals surface area contributed by atoms with Crippen molar-refractivity contribution < 1.29 is 14.3 Å². The molecule has 34 heavy (non-hydrogen) atoms. The van der Waals surface area contributed by atoms with Gasteiger partial charge in [-0.25, -0.2) is 14.2 Å². The fraction of sp³-hybridized carbons (Fsp3) is 0.292. The van der Waals surface area contributed by atoms with Crippen LogP contribution in [0, 0.1) is 0 Å². The summed E-state index contributed by atoms with van der Waals surface area (Å²) >= 11 is 0. The predicted octanol–water partition coefficient (Wildman–Crippen LogP) is 2.90. The summed E-state index contributed by atoms with van der Waals surface area (Å²) in [5, 5.41) is 12.0. The maximum absolute atomic E-state index is 13.2. The third-order valence-corrected chi connectivity index (χ3v) is 6.17. The zero-order valence-corrected chi connectivity index (χ0v) is 19.0. The minimum atomic E-state index is -0.318. The normalized spacial score (nSPS) is 14.4.